The van der Waals surface area contributed by atoms with Gasteiger partial charge in [-0.25, -0.2) is 4.98 Å². The van der Waals surface area contributed by atoms with Gasteiger partial charge >= 0.3 is 0 Å². The molecule has 5 nitrogen and oxygen atoms in total. The van der Waals surface area contributed by atoms with Crippen LogP contribution in [0.25, 0.3) is 11.4 Å². The third-order valence-corrected chi connectivity index (χ3v) is 5.63. The van der Waals surface area contributed by atoms with Gasteiger partial charge in [-0.2, -0.15) is 4.37 Å². The molecule has 0 N–H and O–H groups in total. The van der Waals surface area contributed by atoms with E-state index in [1.807, 2.05) is 30.3 Å². The Morgan fingerprint density at radius 3 is 2.71 bits per heavy atom. The predicted molar refractivity (Wildman–Crippen MR) is 93.0 cm³/mol. The second kappa shape index (κ2) is 7.09. The smallest absolute Gasteiger partial charge is 0.173 e. The first-order valence-corrected chi connectivity index (χ1v) is 9.33. The molecule has 1 aromatic carbocycles. The van der Waals surface area contributed by atoms with Crippen LogP contribution in [-0.4, -0.2) is 51.9 Å². The van der Waals surface area contributed by atoms with E-state index in [9.17, 15) is 4.79 Å². The van der Waals surface area contributed by atoms with E-state index in [1.54, 1.807) is 0 Å². The summed E-state index contributed by atoms with van der Waals surface area (Å²) >= 11 is 1.34. The van der Waals surface area contributed by atoms with Gasteiger partial charge in [0.15, 0.2) is 11.6 Å². The van der Waals surface area contributed by atoms with Gasteiger partial charge in [-0.05, 0) is 30.8 Å². The van der Waals surface area contributed by atoms with Crippen molar-refractivity contribution in [1.29, 1.82) is 0 Å². The summed E-state index contributed by atoms with van der Waals surface area (Å²) in [5.74, 6) is 1.00. The summed E-state index contributed by atoms with van der Waals surface area (Å²) < 4.78 is 9.83. The molecular weight excluding hydrogens is 322 g/mol. The average Bonchev–Trinajstić information content (AvgIpc) is 3.04. The summed E-state index contributed by atoms with van der Waals surface area (Å²) in [6.45, 7) is 2.67. The number of ketones is 1. The minimum Gasteiger partial charge on any atom is -0.381 e. The van der Waals surface area contributed by atoms with E-state index in [-0.39, 0.29) is 11.8 Å². The molecule has 24 heavy (non-hydrogen) atoms. The van der Waals surface area contributed by atoms with Crippen LogP contribution in [0.3, 0.4) is 0 Å². The van der Waals surface area contributed by atoms with Crippen LogP contribution in [0, 0.1) is 0 Å². The molecule has 0 spiro atoms. The van der Waals surface area contributed by atoms with E-state index in [0.717, 1.165) is 55.4 Å². The van der Waals surface area contributed by atoms with Gasteiger partial charge in [0.25, 0.3) is 0 Å². The maximum Gasteiger partial charge on any atom is 0.173 e. The number of rotatable bonds is 5. The number of ether oxygens (including phenoxy) is 1. The zero-order valence-electron chi connectivity index (χ0n) is 13.6. The number of carbonyl (C=O) groups excluding carboxylic acids is 1. The Hall–Kier alpha value is -1.63. The predicted octanol–water partition coefficient (Wildman–Crippen LogP) is 2.57. The van der Waals surface area contributed by atoms with Gasteiger partial charge in [-0.1, -0.05) is 30.3 Å². The van der Waals surface area contributed by atoms with Gasteiger partial charge in [-0.3, -0.25) is 9.69 Å². The van der Waals surface area contributed by atoms with Crippen LogP contribution in [0.2, 0.25) is 0 Å². The van der Waals surface area contributed by atoms with Crippen LogP contribution in [0.15, 0.2) is 30.3 Å². The molecular formula is C18H21N3O2S. The van der Waals surface area contributed by atoms with Crippen molar-refractivity contribution in [1.82, 2.24) is 14.3 Å². The first-order chi connectivity index (χ1) is 11.8. The molecule has 0 radical (unpaired) electrons. The minimum absolute atomic E-state index is 0.0668. The number of likely N-dealkylation sites (tertiary alicyclic amines) is 1. The van der Waals surface area contributed by atoms with E-state index < -0.39 is 0 Å². The lowest BCUT2D eigenvalue weighted by Crippen LogP contribution is -2.58. The Labute approximate surface area is 145 Å². The van der Waals surface area contributed by atoms with Gasteiger partial charge in [0.05, 0.1) is 12.5 Å². The maximum absolute atomic E-state index is 12.7. The summed E-state index contributed by atoms with van der Waals surface area (Å²) in [5, 5.41) is 0.817. The molecule has 0 aliphatic carbocycles. The van der Waals surface area contributed by atoms with Crippen molar-refractivity contribution in [3.05, 3.63) is 35.3 Å². The standard InChI is InChI=1S/C18H21N3O2S/c22-16(15-6-9-21(15)14-7-10-23-11-8-14)12-17-19-18(20-24-17)13-4-2-1-3-5-13/h1-5,14-15H,6-12H2/t15-/m0/s1. The van der Waals surface area contributed by atoms with E-state index >= 15 is 0 Å². The van der Waals surface area contributed by atoms with Gasteiger partial charge in [-0.15, -0.1) is 0 Å². The van der Waals surface area contributed by atoms with Crippen LogP contribution in [0.1, 0.15) is 24.3 Å². The lowest BCUT2D eigenvalue weighted by molar-refractivity contribution is -0.131. The Bertz CT molecular complexity index is 697. The van der Waals surface area contributed by atoms with Crippen molar-refractivity contribution in [2.45, 2.75) is 37.8 Å². The van der Waals surface area contributed by atoms with Crippen LogP contribution in [-0.2, 0) is 16.0 Å². The average molecular weight is 343 g/mol. The summed E-state index contributed by atoms with van der Waals surface area (Å²) in [7, 11) is 0. The molecule has 126 valence electrons. The highest BCUT2D eigenvalue weighted by Crippen LogP contribution is 2.28. The third-order valence-electron chi connectivity index (χ3n) is 4.92. The lowest BCUT2D eigenvalue weighted by Gasteiger charge is -2.46. The van der Waals surface area contributed by atoms with Crippen molar-refractivity contribution in [2.24, 2.45) is 0 Å². The number of aromatic nitrogens is 2. The van der Waals surface area contributed by atoms with E-state index in [2.05, 4.69) is 14.3 Å². The number of nitrogens with zero attached hydrogens (tertiary/aromatic N) is 3. The molecule has 2 aliphatic rings. The van der Waals surface area contributed by atoms with Crippen LogP contribution >= 0.6 is 11.5 Å². The highest BCUT2D eigenvalue weighted by atomic mass is 32.1. The Kier molecular flexibility index (Phi) is 4.69. The molecule has 0 unspecified atom stereocenters. The molecule has 2 aromatic rings. The zero-order valence-corrected chi connectivity index (χ0v) is 14.4. The van der Waals surface area contributed by atoms with Crippen LogP contribution < -0.4 is 0 Å². The zero-order chi connectivity index (χ0) is 16.4. The quantitative estimate of drug-likeness (QED) is 0.835. The molecule has 1 aromatic heterocycles. The van der Waals surface area contributed by atoms with Gasteiger partial charge in [0, 0.05) is 31.4 Å². The number of hydrogen-bond acceptors (Lipinski definition) is 6. The highest BCUT2D eigenvalue weighted by Gasteiger charge is 2.38. The Balaban J connectivity index is 1.39. The second-order valence-corrected chi connectivity index (χ2v) is 7.24. The fraction of sp³-hybridized carbons (Fsp3) is 0.500. The van der Waals surface area contributed by atoms with E-state index in [1.165, 1.54) is 11.5 Å². The summed E-state index contributed by atoms with van der Waals surface area (Å²) in [6, 6.07) is 10.5. The minimum atomic E-state index is 0.0668. The van der Waals surface area contributed by atoms with Crippen molar-refractivity contribution < 1.29 is 9.53 Å². The molecule has 1 atom stereocenters. The molecule has 4 rings (SSSR count). The van der Waals surface area contributed by atoms with Crippen LogP contribution in [0.5, 0.6) is 0 Å². The van der Waals surface area contributed by atoms with Gasteiger partial charge in [0.1, 0.15) is 5.01 Å². The fourth-order valence-electron chi connectivity index (χ4n) is 3.51. The largest absolute Gasteiger partial charge is 0.381 e. The highest BCUT2D eigenvalue weighted by molar-refractivity contribution is 7.05. The molecule has 0 saturated carbocycles. The summed E-state index contributed by atoms with van der Waals surface area (Å²) in [6.07, 6.45) is 3.46. The molecule has 2 fully saturated rings. The molecule has 2 saturated heterocycles. The van der Waals surface area contributed by atoms with Crippen molar-refractivity contribution in [2.75, 3.05) is 19.8 Å². The third kappa shape index (κ3) is 3.27. The van der Waals surface area contributed by atoms with Gasteiger partial charge in [0.2, 0.25) is 0 Å². The number of carbonyl (C=O) groups is 1. The Morgan fingerprint density at radius 2 is 2.00 bits per heavy atom. The number of benzene rings is 1. The van der Waals surface area contributed by atoms with E-state index in [0.29, 0.717) is 12.5 Å². The monoisotopic (exact) mass is 343 g/mol. The SMILES string of the molecule is O=C(Cc1nc(-c2ccccc2)ns1)[C@@H]1CCN1C1CCOCC1. The molecule has 6 heteroatoms. The van der Waals surface area contributed by atoms with Crippen molar-refractivity contribution in [3.63, 3.8) is 0 Å². The lowest BCUT2D eigenvalue weighted by atomic mass is 9.91. The molecule has 2 aliphatic heterocycles. The molecule has 0 amide bonds. The fourth-order valence-corrected chi connectivity index (χ4v) is 4.18. The Morgan fingerprint density at radius 1 is 1.21 bits per heavy atom. The molecule has 0 bridgehead atoms. The molecule has 3 heterocycles. The second-order valence-electron chi connectivity index (χ2n) is 6.41. The first-order valence-electron chi connectivity index (χ1n) is 8.55. The van der Waals surface area contributed by atoms with E-state index in [4.69, 9.17) is 4.74 Å². The van der Waals surface area contributed by atoms with Crippen molar-refractivity contribution >= 4 is 17.3 Å². The summed E-state index contributed by atoms with van der Waals surface area (Å²) in [5.41, 5.74) is 1.000. The maximum atomic E-state index is 12.7. The first kappa shape index (κ1) is 15.9. The number of hydrogen-bond donors (Lipinski definition) is 0. The normalized spacial score (nSPS) is 22.2. The summed E-state index contributed by atoms with van der Waals surface area (Å²) in [4.78, 5) is 19.6. The topological polar surface area (TPSA) is 55.3 Å². The number of Topliss-reactive ketones (excluding diaryl/α,β-unsaturated/α-hetero) is 1. The van der Waals surface area contributed by atoms with Gasteiger partial charge < -0.3 is 4.74 Å². The van der Waals surface area contributed by atoms with Crippen molar-refractivity contribution in [3.8, 4) is 11.4 Å². The van der Waals surface area contributed by atoms with Crippen LogP contribution in [0.4, 0.5) is 0 Å².